The van der Waals surface area contributed by atoms with Gasteiger partial charge < -0.3 is 29.0 Å². The summed E-state index contributed by atoms with van der Waals surface area (Å²) >= 11 is 6.29. The molecule has 0 fully saturated rings. The van der Waals surface area contributed by atoms with E-state index >= 15 is 0 Å². The van der Waals surface area contributed by atoms with Gasteiger partial charge in [0, 0.05) is 62.0 Å². The predicted octanol–water partition coefficient (Wildman–Crippen LogP) is 4.26. The molecule has 0 aliphatic carbocycles. The van der Waals surface area contributed by atoms with Crippen LogP contribution in [0.4, 0.5) is 4.79 Å². The van der Waals surface area contributed by atoms with E-state index in [9.17, 15) is 9.90 Å². The zero-order chi connectivity index (χ0) is 27.8. The van der Waals surface area contributed by atoms with Gasteiger partial charge in [0.1, 0.15) is 24.5 Å². The van der Waals surface area contributed by atoms with Crippen molar-refractivity contribution in [2.75, 3.05) is 66.8 Å². The summed E-state index contributed by atoms with van der Waals surface area (Å²) in [6.45, 7) is 5.81. The van der Waals surface area contributed by atoms with Crippen LogP contribution in [-0.2, 0) is 20.6 Å². The average molecular weight is 560 g/mol. The summed E-state index contributed by atoms with van der Waals surface area (Å²) in [7, 11) is 3.32. The van der Waals surface area contributed by atoms with Gasteiger partial charge in [0.05, 0.1) is 19.8 Å². The summed E-state index contributed by atoms with van der Waals surface area (Å²) in [5.41, 5.74) is 4.04. The Morgan fingerprint density at radius 3 is 2.54 bits per heavy atom. The van der Waals surface area contributed by atoms with Crippen molar-refractivity contribution in [3.63, 3.8) is 0 Å². The summed E-state index contributed by atoms with van der Waals surface area (Å²) < 4.78 is 21.6. The minimum absolute atomic E-state index is 0.154. The standard InChI is InChI=1S/C29H38ClN3O6/c1-4-38-29(35)33-12-11-24-25-17-21(30)7-10-26(25)31-27(24)28(33)20-5-8-23(9-6-20)39-19-22(34)18-32(13-15-36-2)14-16-37-3/h5-10,17,22,28,31,34H,4,11-16,18-19H2,1-3H3. The number of ether oxygens (including phenoxy) is 4. The Hall–Kier alpha value is -2.82. The van der Waals surface area contributed by atoms with E-state index in [4.69, 9.17) is 30.5 Å². The molecule has 4 rings (SSSR count). The number of aliphatic hydroxyl groups excluding tert-OH is 1. The maximum atomic E-state index is 12.9. The number of carbonyl (C=O) groups is 1. The van der Waals surface area contributed by atoms with Crippen molar-refractivity contribution in [2.45, 2.75) is 25.5 Å². The van der Waals surface area contributed by atoms with Gasteiger partial charge in [-0.05, 0) is 54.8 Å². The predicted molar refractivity (Wildman–Crippen MR) is 151 cm³/mol. The number of amides is 1. The Morgan fingerprint density at radius 2 is 1.87 bits per heavy atom. The van der Waals surface area contributed by atoms with Gasteiger partial charge in [0.2, 0.25) is 0 Å². The molecule has 1 aliphatic rings. The van der Waals surface area contributed by atoms with Crippen molar-refractivity contribution in [3.8, 4) is 5.75 Å². The van der Waals surface area contributed by atoms with E-state index < -0.39 is 6.10 Å². The summed E-state index contributed by atoms with van der Waals surface area (Å²) in [5, 5.41) is 12.3. The maximum Gasteiger partial charge on any atom is 0.410 e. The van der Waals surface area contributed by atoms with Crippen molar-refractivity contribution < 1.29 is 28.8 Å². The molecular weight excluding hydrogens is 522 g/mol. The van der Waals surface area contributed by atoms with Crippen molar-refractivity contribution in [2.24, 2.45) is 0 Å². The molecule has 2 atom stereocenters. The number of nitrogens with one attached hydrogen (secondary N) is 1. The Labute approximate surface area is 234 Å². The lowest BCUT2D eigenvalue weighted by Crippen LogP contribution is -2.41. The number of aromatic amines is 1. The number of nitrogens with zero attached hydrogens (tertiary/aromatic N) is 2. The van der Waals surface area contributed by atoms with Crippen LogP contribution < -0.4 is 4.74 Å². The molecule has 0 radical (unpaired) electrons. The number of H-pyrrole nitrogens is 1. The normalized spacial score (nSPS) is 15.9. The highest BCUT2D eigenvalue weighted by atomic mass is 35.5. The third-order valence-corrected chi connectivity index (χ3v) is 7.16. The third kappa shape index (κ3) is 7.23. The summed E-state index contributed by atoms with van der Waals surface area (Å²) in [4.78, 5) is 20.3. The van der Waals surface area contributed by atoms with Gasteiger partial charge in [0.15, 0.2) is 0 Å². The van der Waals surface area contributed by atoms with Gasteiger partial charge in [-0.1, -0.05) is 23.7 Å². The smallest absolute Gasteiger partial charge is 0.410 e. The summed E-state index contributed by atoms with van der Waals surface area (Å²) in [6.07, 6.45) is -0.313. The summed E-state index contributed by atoms with van der Waals surface area (Å²) in [6, 6.07) is 13.1. The molecule has 1 aliphatic heterocycles. The number of benzene rings is 2. The Balaban J connectivity index is 1.49. The SMILES string of the molecule is CCOC(=O)N1CCc2c([nH]c3ccc(Cl)cc23)C1c1ccc(OCC(O)CN(CCOC)CCOC)cc1. The van der Waals surface area contributed by atoms with Crippen molar-refractivity contribution >= 4 is 28.6 Å². The van der Waals surface area contributed by atoms with Crippen LogP contribution in [0.1, 0.15) is 29.8 Å². The topological polar surface area (TPSA) is 96.5 Å². The number of aromatic nitrogens is 1. The van der Waals surface area contributed by atoms with Gasteiger partial charge in [0.25, 0.3) is 0 Å². The first-order chi connectivity index (χ1) is 18.9. The molecule has 2 heterocycles. The fourth-order valence-electron chi connectivity index (χ4n) is 5.04. The number of carbonyl (C=O) groups excluding carboxylic acids is 1. The Bertz CT molecular complexity index is 1210. The first kappa shape index (κ1) is 29.2. The van der Waals surface area contributed by atoms with E-state index in [1.165, 1.54) is 0 Å². The Kier molecular flexibility index (Phi) is 10.5. The summed E-state index contributed by atoms with van der Waals surface area (Å²) in [5.74, 6) is 0.639. The lowest BCUT2D eigenvalue weighted by molar-refractivity contribution is 0.0459. The second-order valence-corrected chi connectivity index (χ2v) is 10.0. The quantitative estimate of drug-likeness (QED) is 0.323. The first-order valence-corrected chi connectivity index (χ1v) is 13.7. The molecule has 212 valence electrons. The number of fused-ring (bicyclic) bond motifs is 3. The average Bonchev–Trinajstić information content (AvgIpc) is 3.31. The van der Waals surface area contributed by atoms with Crippen LogP contribution >= 0.6 is 11.6 Å². The number of halogens is 1. The molecule has 2 N–H and O–H groups in total. The molecule has 0 saturated carbocycles. The van der Waals surface area contributed by atoms with E-state index in [0.29, 0.717) is 63.2 Å². The molecule has 9 nitrogen and oxygen atoms in total. The first-order valence-electron chi connectivity index (χ1n) is 13.3. The van der Waals surface area contributed by atoms with Crippen LogP contribution in [0.25, 0.3) is 10.9 Å². The van der Waals surface area contributed by atoms with Gasteiger partial charge in [-0.15, -0.1) is 0 Å². The van der Waals surface area contributed by atoms with Crippen molar-refractivity contribution in [1.82, 2.24) is 14.8 Å². The fraction of sp³-hybridized carbons (Fsp3) is 0.483. The molecule has 10 heteroatoms. The molecule has 1 amide bonds. The zero-order valence-corrected chi connectivity index (χ0v) is 23.6. The lowest BCUT2D eigenvalue weighted by atomic mass is 9.92. The molecule has 1 aromatic heterocycles. The van der Waals surface area contributed by atoms with Gasteiger partial charge in [-0.25, -0.2) is 4.79 Å². The minimum Gasteiger partial charge on any atom is -0.491 e. The molecule has 39 heavy (non-hydrogen) atoms. The van der Waals surface area contributed by atoms with E-state index in [1.807, 2.05) is 49.4 Å². The van der Waals surface area contributed by atoms with Crippen molar-refractivity contribution in [1.29, 1.82) is 0 Å². The second kappa shape index (κ2) is 14.0. The van der Waals surface area contributed by atoms with Crippen LogP contribution in [0.2, 0.25) is 5.02 Å². The molecular formula is C29H38ClN3O6. The third-order valence-electron chi connectivity index (χ3n) is 6.92. The fourth-order valence-corrected chi connectivity index (χ4v) is 5.21. The number of aliphatic hydroxyl groups is 1. The zero-order valence-electron chi connectivity index (χ0n) is 22.8. The lowest BCUT2D eigenvalue weighted by Gasteiger charge is -2.35. The highest BCUT2D eigenvalue weighted by Gasteiger charge is 2.35. The van der Waals surface area contributed by atoms with Gasteiger partial charge in [-0.3, -0.25) is 9.80 Å². The van der Waals surface area contributed by atoms with E-state index in [-0.39, 0.29) is 18.7 Å². The molecule has 0 spiro atoms. The van der Waals surface area contributed by atoms with Gasteiger partial charge in [-0.2, -0.15) is 0 Å². The molecule has 3 aromatic rings. The number of hydrogen-bond donors (Lipinski definition) is 2. The monoisotopic (exact) mass is 559 g/mol. The second-order valence-electron chi connectivity index (χ2n) is 9.57. The van der Waals surface area contributed by atoms with E-state index in [2.05, 4.69) is 9.88 Å². The van der Waals surface area contributed by atoms with Gasteiger partial charge >= 0.3 is 6.09 Å². The molecule has 2 unspecified atom stereocenters. The van der Waals surface area contributed by atoms with Crippen molar-refractivity contribution in [3.05, 3.63) is 64.3 Å². The Morgan fingerprint density at radius 1 is 1.15 bits per heavy atom. The highest BCUT2D eigenvalue weighted by molar-refractivity contribution is 6.31. The number of methoxy groups -OCH3 is 2. The van der Waals surface area contributed by atoms with Crippen LogP contribution in [0.15, 0.2) is 42.5 Å². The van der Waals surface area contributed by atoms with Crippen LogP contribution in [-0.4, -0.2) is 98.9 Å². The minimum atomic E-state index is -0.670. The maximum absolute atomic E-state index is 12.9. The largest absolute Gasteiger partial charge is 0.491 e. The van der Waals surface area contributed by atoms with Crippen LogP contribution in [0.3, 0.4) is 0 Å². The van der Waals surface area contributed by atoms with Crippen LogP contribution in [0, 0.1) is 0 Å². The molecule has 0 bridgehead atoms. The van der Waals surface area contributed by atoms with Crippen LogP contribution in [0.5, 0.6) is 5.75 Å². The molecule has 0 saturated heterocycles. The molecule has 2 aromatic carbocycles. The van der Waals surface area contributed by atoms with E-state index in [1.54, 1.807) is 19.1 Å². The van der Waals surface area contributed by atoms with E-state index in [0.717, 1.165) is 27.7 Å². The number of rotatable bonds is 13. The highest BCUT2D eigenvalue weighted by Crippen LogP contribution is 2.39. The number of hydrogen-bond acceptors (Lipinski definition) is 7.